The molecule has 0 bridgehead atoms. The van der Waals surface area contributed by atoms with Crippen LogP contribution < -0.4 is 15.4 Å². The fraction of sp³-hybridized carbons (Fsp3) is 0.182. The molecule has 1 aromatic heterocycles. The van der Waals surface area contributed by atoms with Crippen molar-refractivity contribution >= 4 is 21.7 Å². The summed E-state index contributed by atoms with van der Waals surface area (Å²) >= 11 is 0. The molecule has 3 rings (SSSR count). The van der Waals surface area contributed by atoms with Crippen molar-refractivity contribution in [2.24, 2.45) is 0 Å². The van der Waals surface area contributed by atoms with Crippen LogP contribution in [-0.4, -0.2) is 43.6 Å². The molecule has 166 valence electrons. The van der Waals surface area contributed by atoms with Crippen LogP contribution in [0.25, 0.3) is 0 Å². The van der Waals surface area contributed by atoms with Crippen molar-refractivity contribution in [3.8, 4) is 5.75 Å². The van der Waals surface area contributed by atoms with Gasteiger partial charge in [-0.2, -0.15) is 0 Å². The minimum absolute atomic E-state index is 0.0410. The van der Waals surface area contributed by atoms with E-state index >= 15 is 0 Å². The Hall–Kier alpha value is -3.79. The molecule has 32 heavy (non-hydrogen) atoms. The molecule has 2 amide bonds. The molecule has 0 aliphatic carbocycles. The Bertz CT molecular complexity index is 1230. The molecule has 2 aromatic carbocycles. The van der Waals surface area contributed by atoms with Crippen molar-refractivity contribution in [3.63, 3.8) is 0 Å². The van der Waals surface area contributed by atoms with Crippen molar-refractivity contribution in [2.45, 2.75) is 18.0 Å². The predicted molar refractivity (Wildman–Crippen MR) is 117 cm³/mol. The van der Waals surface area contributed by atoms with Gasteiger partial charge in [0.05, 0.1) is 12.0 Å². The van der Waals surface area contributed by atoms with Gasteiger partial charge in [0.2, 0.25) is 0 Å². The number of amides is 2. The largest absolute Gasteiger partial charge is 0.497 e. The minimum atomic E-state index is -3.28. The number of carbonyl (C=O) groups excluding carboxylic acids is 2. The molecule has 0 saturated heterocycles. The first-order chi connectivity index (χ1) is 15.3. The maximum Gasteiger partial charge on any atom is 0.270 e. The Morgan fingerprint density at radius 1 is 0.875 bits per heavy atom. The van der Waals surface area contributed by atoms with Crippen LogP contribution in [0.15, 0.2) is 65.8 Å². The molecule has 0 spiro atoms. The van der Waals surface area contributed by atoms with Gasteiger partial charge in [-0.25, -0.2) is 18.4 Å². The van der Waals surface area contributed by atoms with E-state index in [0.717, 1.165) is 23.7 Å². The molecule has 9 nitrogen and oxygen atoms in total. The van der Waals surface area contributed by atoms with Gasteiger partial charge in [0.25, 0.3) is 11.8 Å². The summed E-state index contributed by atoms with van der Waals surface area (Å²) in [6.45, 7) is 0.440. The Labute approximate surface area is 185 Å². The first kappa shape index (κ1) is 22.9. The molecule has 0 radical (unpaired) electrons. The second-order valence-corrected chi connectivity index (χ2v) is 8.94. The number of sulfone groups is 1. The molecule has 0 aliphatic rings. The average molecular weight is 455 g/mol. The summed E-state index contributed by atoms with van der Waals surface area (Å²) < 4.78 is 28.2. The highest BCUT2D eigenvalue weighted by Gasteiger charge is 2.13. The Morgan fingerprint density at radius 3 is 2.03 bits per heavy atom. The molecular formula is C22H22N4O5S. The van der Waals surface area contributed by atoms with Crippen LogP contribution in [0.4, 0.5) is 0 Å². The molecule has 10 heteroatoms. The average Bonchev–Trinajstić information content (AvgIpc) is 2.81. The summed E-state index contributed by atoms with van der Waals surface area (Å²) in [5.74, 6) is -0.245. The number of methoxy groups -OCH3 is 1. The van der Waals surface area contributed by atoms with Crippen molar-refractivity contribution in [1.82, 2.24) is 20.6 Å². The maximum absolute atomic E-state index is 12.4. The number of carbonyl (C=O) groups is 2. The Kier molecular flexibility index (Phi) is 7.16. The molecular weight excluding hydrogens is 432 g/mol. The lowest BCUT2D eigenvalue weighted by Gasteiger charge is -2.08. The smallest absolute Gasteiger partial charge is 0.270 e. The zero-order chi connectivity index (χ0) is 23.1. The van der Waals surface area contributed by atoms with Gasteiger partial charge < -0.3 is 15.4 Å². The summed E-state index contributed by atoms with van der Waals surface area (Å²) in [6.07, 6.45) is 2.28. The zero-order valence-electron chi connectivity index (χ0n) is 17.5. The summed E-state index contributed by atoms with van der Waals surface area (Å²) in [7, 11) is -1.72. The van der Waals surface area contributed by atoms with E-state index in [2.05, 4.69) is 20.6 Å². The molecule has 1 heterocycles. The summed E-state index contributed by atoms with van der Waals surface area (Å²) in [6, 6.07) is 14.8. The maximum atomic E-state index is 12.4. The molecule has 0 saturated carbocycles. The number of rotatable bonds is 8. The van der Waals surface area contributed by atoms with E-state index in [9.17, 15) is 18.0 Å². The van der Waals surface area contributed by atoms with E-state index < -0.39 is 21.7 Å². The predicted octanol–water partition coefficient (Wildman–Crippen LogP) is 1.75. The number of nitrogens with one attached hydrogen (secondary N) is 2. The Balaban J connectivity index is 1.59. The van der Waals surface area contributed by atoms with Gasteiger partial charge in [-0.05, 0) is 35.4 Å². The number of hydrogen-bond donors (Lipinski definition) is 2. The highest BCUT2D eigenvalue weighted by atomic mass is 32.2. The van der Waals surface area contributed by atoms with Crippen molar-refractivity contribution in [3.05, 3.63) is 83.4 Å². The van der Waals surface area contributed by atoms with Crippen LogP contribution in [0, 0.1) is 0 Å². The summed E-state index contributed by atoms with van der Waals surface area (Å²) in [4.78, 5) is 32.9. The monoisotopic (exact) mass is 454 g/mol. The molecule has 3 aromatic rings. The zero-order valence-corrected chi connectivity index (χ0v) is 18.3. The third kappa shape index (κ3) is 6.11. The van der Waals surface area contributed by atoms with Crippen LogP contribution >= 0.6 is 0 Å². The first-order valence-electron chi connectivity index (χ1n) is 9.56. The van der Waals surface area contributed by atoms with E-state index in [4.69, 9.17) is 4.74 Å². The number of hydrogen-bond acceptors (Lipinski definition) is 7. The lowest BCUT2D eigenvalue weighted by atomic mass is 10.2. The van der Waals surface area contributed by atoms with Crippen LogP contribution in [0.5, 0.6) is 5.75 Å². The van der Waals surface area contributed by atoms with Gasteiger partial charge in [-0.3, -0.25) is 9.59 Å². The highest BCUT2D eigenvalue weighted by Crippen LogP contribution is 2.13. The van der Waals surface area contributed by atoms with Crippen LogP contribution in [-0.2, 0) is 22.9 Å². The SMILES string of the molecule is COc1cccc(CNC(=O)c2cc(C(=O)NCc3ccc(S(C)(=O)=O)cc3)ncn2)c1. The fourth-order valence-electron chi connectivity index (χ4n) is 2.79. The highest BCUT2D eigenvalue weighted by molar-refractivity contribution is 7.90. The number of aromatic nitrogens is 2. The van der Waals surface area contributed by atoms with Gasteiger partial charge in [-0.15, -0.1) is 0 Å². The van der Waals surface area contributed by atoms with E-state index in [1.54, 1.807) is 25.3 Å². The van der Waals surface area contributed by atoms with E-state index in [0.29, 0.717) is 5.75 Å². The third-order valence-electron chi connectivity index (χ3n) is 4.52. The van der Waals surface area contributed by atoms with Gasteiger partial charge in [-0.1, -0.05) is 24.3 Å². The molecule has 0 fully saturated rings. The number of benzene rings is 2. The molecule has 2 N–H and O–H groups in total. The quantitative estimate of drug-likeness (QED) is 0.531. The lowest BCUT2D eigenvalue weighted by molar-refractivity contribution is 0.0944. The van der Waals surface area contributed by atoms with Gasteiger partial charge in [0.15, 0.2) is 9.84 Å². The topological polar surface area (TPSA) is 127 Å². The van der Waals surface area contributed by atoms with Gasteiger partial charge in [0, 0.05) is 25.4 Å². The molecule has 0 unspecified atom stereocenters. The van der Waals surface area contributed by atoms with E-state index in [-0.39, 0.29) is 29.4 Å². The Morgan fingerprint density at radius 2 is 1.47 bits per heavy atom. The third-order valence-corrected chi connectivity index (χ3v) is 5.65. The minimum Gasteiger partial charge on any atom is -0.497 e. The summed E-state index contributed by atoms with van der Waals surface area (Å²) in [5, 5.41) is 5.43. The van der Waals surface area contributed by atoms with Gasteiger partial charge >= 0.3 is 0 Å². The standard InChI is InChI=1S/C22H22N4O5S/c1-31-17-5-3-4-16(10-17)13-24-22(28)20-11-19(25-14-26-20)21(27)23-12-15-6-8-18(9-7-15)32(2,29)30/h3-11,14H,12-13H2,1-2H3,(H,23,27)(H,24,28). The first-order valence-corrected chi connectivity index (χ1v) is 11.5. The lowest BCUT2D eigenvalue weighted by Crippen LogP contribution is -2.27. The fourth-order valence-corrected chi connectivity index (χ4v) is 3.42. The number of ether oxygens (including phenoxy) is 1. The second-order valence-electron chi connectivity index (χ2n) is 6.92. The van der Waals surface area contributed by atoms with Gasteiger partial charge in [0.1, 0.15) is 23.5 Å². The van der Waals surface area contributed by atoms with Crippen LogP contribution in [0.2, 0.25) is 0 Å². The second kappa shape index (κ2) is 10.0. The van der Waals surface area contributed by atoms with E-state index in [1.165, 1.54) is 18.2 Å². The van der Waals surface area contributed by atoms with E-state index in [1.807, 2.05) is 18.2 Å². The van der Waals surface area contributed by atoms with Crippen molar-refractivity contribution in [1.29, 1.82) is 0 Å². The normalized spacial score (nSPS) is 10.9. The van der Waals surface area contributed by atoms with Crippen molar-refractivity contribution < 1.29 is 22.7 Å². The summed E-state index contributed by atoms with van der Waals surface area (Å²) in [5.41, 5.74) is 1.67. The van der Waals surface area contributed by atoms with Crippen molar-refractivity contribution in [2.75, 3.05) is 13.4 Å². The molecule has 0 atom stereocenters. The number of nitrogens with zero attached hydrogens (tertiary/aromatic N) is 2. The van der Waals surface area contributed by atoms with Crippen LogP contribution in [0.1, 0.15) is 32.1 Å². The molecule has 0 aliphatic heterocycles. The van der Waals surface area contributed by atoms with Crippen LogP contribution in [0.3, 0.4) is 0 Å².